The van der Waals surface area contributed by atoms with E-state index in [1.165, 1.54) is 43.2 Å². The molecule has 0 aromatic heterocycles. The van der Waals surface area contributed by atoms with Crippen LogP contribution in [0.15, 0.2) is 24.3 Å². The van der Waals surface area contributed by atoms with Gasteiger partial charge in [-0.2, -0.15) is 0 Å². The molecule has 124 valence electrons. The first-order valence-corrected chi connectivity index (χ1v) is 8.40. The van der Waals surface area contributed by atoms with E-state index in [1.807, 2.05) is 0 Å². The third kappa shape index (κ3) is 4.95. The van der Waals surface area contributed by atoms with Crippen LogP contribution in [0.25, 0.3) is 0 Å². The van der Waals surface area contributed by atoms with Crippen LogP contribution in [0.2, 0.25) is 0 Å². The van der Waals surface area contributed by atoms with Gasteiger partial charge in [-0.05, 0) is 30.4 Å². The van der Waals surface area contributed by atoms with E-state index in [1.54, 1.807) is 0 Å². The Balaban J connectivity index is 0.00000176. The first kappa shape index (κ1) is 17.7. The number of aliphatic hydroxyl groups is 1. The van der Waals surface area contributed by atoms with E-state index in [2.05, 4.69) is 29.2 Å². The standard InChI is InChI=1S/C18H27NO2.ClH/c20-17(14-21-18-8-2-1-3-9-18)13-19-11-10-15-6-4-5-7-16(15)12-19;/h4-7,17-18,20H,1-3,8-14H2;1H. The summed E-state index contributed by atoms with van der Waals surface area (Å²) in [4.78, 5) is 2.34. The van der Waals surface area contributed by atoms with Gasteiger partial charge in [0.05, 0.1) is 18.8 Å². The summed E-state index contributed by atoms with van der Waals surface area (Å²) < 4.78 is 5.88. The summed E-state index contributed by atoms with van der Waals surface area (Å²) >= 11 is 0. The third-order valence-electron chi connectivity index (χ3n) is 4.76. The van der Waals surface area contributed by atoms with Crippen LogP contribution < -0.4 is 0 Å². The van der Waals surface area contributed by atoms with Crippen molar-refractivity contribution < 1.29 is 9.84 Å². The van der Waals surface area contributed by atoms with Gasteiger partial charge in [-0.1, -0.05) is 43.5 Å². The number of benzene rings is 1. The molecule has 1 aliphatic carbocycles. The fraction of sp³-hybridized carbons (Fsp3) is 0.667. The summed E-state index contributed by atoms with van der Waals surface area (Å²) in [5.41, 5.74) is 2.87. The Morgan fingerprint density at radius 2 is 1.86 bits per heavy atom. The zero-order chi connectivity index (χ0) is 14.5. The van der Waals surface area contributed by atoms with Gasteiger partial charge in [-0.25, -0.2) is 0 Å². The second-order valence-corrected chi connectivity index (χ2v) is 6.50. The van der Waals surface area contributed by atoms with E-state index in [9.17, 15) is 5.11 Å². The van der Waals surface area contributed by atoms with Crippen molar-refractivity contribution in [1.82, 2.24) is 4.90 Å². The van der Waals surface area contributed by atoms with Crippen molar-refractivity contribution in [2.75, 3.05) is 19.7 Å². The van der Waals surface area contributed by atoms with Crippen molar-refractivity contribution in [3.05, 3.63) is 35.4 Å². The Hall–Kier alpha value is -0.610. The molecular formula is C18H28ClNO2. The van der Waals surface area contributed by atoms with Crippen molar-refractivity contribution in [2.45, 2.75) is 57.3 Å². The molecule has 2 aliphatic rings. The third-order valence-corrected chi connectivity index (χ3v) is 4.76. The molecule has 1 aromatic carbocycles. The fourth-order valence-corrected chi connectivity index (χ4v) is 3.54. The predicted octanol–water partition coefficient (Wildman–Crippen LogP) is 3.18. The maximum absolute atomic E-state index is 10.2. The summed E-state index contributed by atoms with van der Waals surface area (Å²) in [5, 5.41) is 10.2. The Bertz CT molecular complexity index is 448. The average Bonchev–Trinajstić information content (AvgIpc) is 2.54. The Morgan fingerprint density at radius 3 is 2.64 bits per heavy atom. The van der Waals surface area contributed by atoms with Gasteiger partial charge in [-0.3, -0.25) is 4.90 Å². The van der Waals surface area contributed by atoms with Crippen LogP contribution in [-0.2, 0) is 17.7 Å². The van der Waals surface area contributed by atoms with E-state index >= 15 is 0 Å². The Labute approximate surface area is 140 Å². The highest BCUT2D eigenvalue weighted by atomic mass is 35.5. The largest absolute Gasteiger partial charge is 0.389 e. The second kappa shape index (κ2) is 8.88. The molecule has 1 fully saturated rings. The maximum Gasteiger partial charge on any atom is 0.0900 e. The quantitative estimate of drug-likeness (QED) is 0.902. The van der Waals surface area contributed by atoms with Crippen LogP contribution in [0, 0.1) is 0 Å². The van der Waals surface area contributed by atoms with Crippen LogP contribution in [0.4, 0.5) is 0 Å². The van der Waals surface area contributed by atoms with Crippen LogP contribution in [0.3, 0.4) is 0 Å². The molecule has 22 heavy (non-hydrogen) atoms. The van der Waals surface area contributed by atoms with Crippen LogP contribution in [0.1, 0.15) is 43.2 Å². The molecule has 1 aromatic rings. The van der Waals surface area contributed by atoms with Crippen molar-refractivity contribution in [3.63, 3.8) is 0 Å². The minimum Gasteiger partial charge on any atom is -0.389 e. The normalized spacial score (nSPS) is 21.0. The maximum atomic E-state index is 10.2. The zero-order valence-corrected chi connectivity index (χ0v) is 14.1. The topological polar surface area (TPSA) is 32.7 Å². The number of aliphatic hydroxyl groups excluding tert-OH is 1. The second-order valence-electron chi connectivity index (χ2n) is 6.50. The first-order valence-electron chi connectivity index (χ1n) is 8.40. The molecule has 1 unspecified atom stereocenters. The highest BCUT2D eigenvalue weighted by Gasteiger charge is 2.20. The highest BCUT2D eigenvalue weighted by molar-refractivity contribution is 5.85. The highest BCUT2D eigenvalue weighted by Crippen LogP contribution is 2.21. The van der Waals surface area contributed by atoms with Gasteiger partial charge in [0.1, 0.15) is 0 Å². The number of ether oxygens (including phenoxy) is 1. The summed E-state index contributed by atoms with van der Waals surface area (Å²) in [5.74, 6) is 0. The van der Waals surface area contributed by atoms with Crippen molar-refractivity contribution in [3.8, 4) is 0 Å². The molecule has 1 saturated carbocycles. The van der Waals surface area contributed by atoms with Gasteiger partial charge < -0.3 is 9.84 Å². The summed E-state index contributed by atoms with van der Waals surface area (Å²) in [6, 6.07) is 8.63. The lowest BCUT2D eigenvalue weighted by Gasteiger charge is -2.31. The van der Waals surface area contributed by atoms with Gasteiger partial charge in [-0.15, -0.1) is 12.4 Å². The summed E-state index contributed by atoms with van der Waals surface area (Å²) in [6.07, 6.45) is 7.36. The molecule has 3 rings (SSSR count). The summed E-state index contributed by atoms with van der Waals surface area (Å²) in [6.45, 7) is 3.21. The summed E-state index contributed by atoms with van der Waals surface area (Å²) in [7, 11) is 0. The number of rotatable bonds is 5. The van der Waals surface area contributed by atoms with E-state index in [4.69, 9.17) is 4.74 Å². The lowest BCUT2D eigenvalue weighted by Crippen LogP contribution is -2.39. The SMILES string of the molecule is Cl.OC(COC1CCCCC1)CN1CCc2ccccc2C1. The van der Waals surface area contributed by atoms with Gasteiger partial charge in [0.2, 0.25) is 0 Å². The Kier molecular flexibility index (Phi) is 7.16. The molecule has 1 atom stereocenters. The number of hydrogen-bond donors (Lipinski definition) is 1. The van der Waals surface area contributed by atoms with Gasteiger partial charge in [0.25, 0.3) is 0 Å². The fourth-order valence-electron chi connectivity index (χ4n) is 3.54. The predicted molar refractivity (Wildman–Crippen MR) is 91.5 cm³/mol. The number of hydrogen-bond acceptors (Lipinski definition) is 3. The van der Waals surface area contributed by atoms with E-state index < -0.39 is 0 Å². The molecular weight excluding hydrogens is 298 g/mol. The zero-order valence-electron chi connectivity index (χ0n) is 13.2. The molecule has 4 heteroatoms. The number of halogens is 1. The Morgan fingerprint density at radius 1 is 1.14 bits per heavy atom. The molecule has 0 spiro atoms. The molecule has 1 N–H and O–H groups in total. The molecule has 1 aliphatic heterocycles. The van der Waals surface area contributed by atoms with Gasteiger partial charge in [0, 0.05) is 19.6 Å². The minimum atomic E-state index is -0.364. The molecule has 0 bridgehead atoms. The van der Waals surface area contributed by atoms with E-state index in [0.717, 1.165) is 26.1 Å². The molecule has 0 radical (unpaired) electrons. The monoisotopic (exact) mass is 325 g/mol. The minimum absolute atomic E-state index is 0. The van der Waals surface area contributed by atoms with Crippen molar-refractivity contribution >= 4 is 12.4 Å². The lowest BCUT2D eigenvalue weighted by atomic mass is 9.98. The average molecular weight is 326 g/mol. The van der Waals surface area contributed by atoms with Crippen molar-refractivity contribution in [2.24, 2.45) is 0 Å². The smallest absolute Gasteiger partial charge is 0.0900 e. The molecule has 0 amide bonds. The van der Waals surface area contributed by atoms with Gasteiger partial charge >= 0.3 is 0 Å². The van der Waals surface area contributed by atoms with E-state index in [0.29, 0.717) is 12.7 Å². The number of fused-ring (bicyclic) bond motifs is 1. The lowest BCUT2D eigenvalue weighted by molar-refractivity contribution is -0.0344. The van der Waals surface area contributed by atoms with Crippen LogP contribution in [0.5, 0.6) is 0 Å². The van der Waals surface area contributed by atoms with Crippen molar-refractivity contribution in [1.29, 1.82) is 0 Å². The molecule has 1 heterocycles. The van der Waals surface area contributed by atoms with Gasteiger partial charge in [0.15, 0.2) is 0 Å². The number of β-amino-alcohol motifs (C(OH)–C–C–N with tert-alkyl or cyclic N) is 1. The first-order chi connectivity index (χ1) is 10.3. The molecule has 0 saturated heterocycles. The van der Waals surface area contributed by atoms with Crippen LogP contribution >= 0.6 is 12.4 Å². The van der Waals surface area contributed by atoms with E-state index in [-0.39, 0.29) is 18.5 Å². The molecule has 3 nitrogen and oxygen atoms in total. The van der Waals surface area contributed by atoms with Crippen LogP contribution in [-0.4, -0.2) is 41.9 Å². The number of nitrogens with zero attached hydrogens (tertiary/aromatic N) is 1.